The number of imidazole rings is 1. The third-order valence-corrected chi connectivity index (χ3v) is 4.58. The highest BCUT2D eigenvalue weighted by Gasteiger charge is 2.19. The van der Waals surface area contributed by atoms with E-state index in [1.54, 1.807) is 23.7 Å². The molecule has 0 saturated carbocycles. The zero-order chi connectivity index (χ0) is 13.2. The lowest BCUT2D eigenvalue weighted by Crippen LogP contribution is -2.28. The van der Waals surface area contributed by atoms with Crippen LogP contribution in [0.4, 0.5) is 0 Å². The molecule has 1 unspecified atom stereocenters. The van der Waals surface area contributed by atoms with E-state index in [2.05, 4.69) is 9.71 Å². The minimum absolute atomic E-state index is 0.0524. The minimum Gasteiger partial charge on any atom is -0.386 e. The number of aryl methyl sites for hydroxylation is 1. The van der Waals surface area contributed by atoms with Crippen molar-refractivity contribution in [2.75, 3.05) is 6.54 Å². The number of nitrogens with one attached hydrogen (secondary N) is 1. The summed E-state index contributed by atoms with van der Waals surface area (Å²) < 4.78 is 27.5. The maximum atomic E-state index is 11.8. The third kappa shape index (κ3) is 2.96. The molecule has 0 aliphatic carbocycles. The van der Waals surface area contributed by atoms with Gasteiger partial charge in [-0.3, -0.25) is 0 Å². The smallest absolute Gasteiger partial charge is 0.259 e. The van der Waals surface area contributed by atoms with Crippen molar-refractivity contribution in [3.8, 4) is 0 Å². The van der Waals surface area contributed by atoms with Crippen LogP contribution in [0, 0.1) is 0 Å². The molecule has 1 atom stereocenters. The molecule has 8 heteroatoms. The molecule has 0 bridgehead atoms. The summed E-state index contributed by atoms with van der Waals surface area (Å²) in [6.45, 7) is -0.0700. The lowest BCUT2D eigenvalue weighted by Gasteiger charge is -2.09. The molecular weight excluding hydrogens is 274 g/mol. The summed E-state index contributed by atoms with van der Waals surface area (Å²) in [5.41, 5.74) is 0. The van der Waals surface area contributed by atoms with Crippen molar-refractivity contribution >= 4 is 21.4 Å². The van der Waals surface area contributed by atoms with Crippen LogP contribution >= 0.6 is 11.3 Å². The molecule has 2 heterocycles. The monoisotopic (exact) mass is 287 g/mol. The van der Waals surface area contributed by atoms with Crippen LogP contribution in [-0.2, 0) is 17.1 Å². The first-order valence-electron chi connectivity index (χ1n) is 5.18. The van der Waals surface area contributed by atoms with Gasteiger partial charge in [-0.25, -0.2) is 18.1 Å². The summed E-state index contributed by atoms with van der Waals surface area (Å²) in [7, 11) is -1.98. The molecular formula is C10H13N3O3S2. The molecule has 0 aromatic carbocycles. The molecule has 2 rings (SSSR count). The van der Waals surface area contributed by atoms with E-state index in [-0.39, 0.29) is 11.6 Å². The summed E-state index contributed by atoms with van der Waals surface area (Å²) >= 11 is 1.38. The predicted molar refractivity (Wildman–Crippen MR) is 67.7 cm³/mol. The van der Waals surface area contributed by atoms with Gasteiger partial charge in [0.25, 0.3) is 10.0 Å². The number of sulfonamides is 1. The number of hydrogen-bond acceptors (Lipinski definition) is 5. The number of aliphatic hydroxyl groups excluding tert-OH is 1. The summed E-state index contributed by atoms with van der Waals surface area (Å²) in [4.78, 5) is 4.48. The Balaban J connectivity index is 2.02. The molecule has 6 nitrogen and oxygen atoms in total. The molecule has 2 aromatic heterocycles. The number of aliphatic hydroxyl groups is 1. The molecule has 0 aliphatic rings. The number of aromatic nitrogens is 2. The lowest BCUT2D eigenvalue weighted by molar-refractivity contribution is 0.185. The molecule has 0 aliphatic heterocycles. The van der Waals surface area contributed by atoms with E-state index in [0.29, 0.717) is 0 Å². The number of hydrogen-bond donors (Lipinski definition) is 2. The topological polar surface area (TPSA) is 84.2 Å². The zero-order valence-corrected chi connectivity index (χ0v) is 11.3. The second kappa shape index (κ2) is 5.19. The van der Waals surface area contributed by atoms with Gasteiger partial charge in [-0.1, -0.05) is 6.07 Å². The van der Waals surface area contributed by atoms with E-state index in [0.717, 1.165) is 4.88 Å². The van der Waals surface area contributed by atoms with Gasteiger partial charge in [0, 0.05) is 24.7 Å². The minimum atomic E-state index is -3.66. The first-order chi connectivity index (χ1) is 8.49. The van der Waals surface area contributed by atoms with Crippen molar-refractivity contribution in [3.63, 3.8) is 0 Å². The summed E-state index contributed by atoms with van der Waals surface area (Å²) in [5, 5.41) is 11.6. The number of rotatable bonds is 5. The fourth-order valence-electron chi connectivity index (χ4n) is 1.37. The van der Waals surface area contributed by atoms with Gasteiger partial charge in [-0.15, -0.1) is 11.3 Å². The average Bonchev–Trinajstić information content (AvgIpc) is 2.96. The number of thiophene rings is 1. The van der Waals surface area contributed by atoms with E-state index < -0.39 is 16.1 Å². The normalized spacial score (nSPS) is 13.7. The summed E-state index contributed by atoms with van der Waals surface area (Å²) in [6.07, 6.45) is 1.97. The highest BCUT2D eigenvalue weighted by molar-refractivity contribution is 7.89. The molecule has 0 spiro atoms. The largest absolute Gasteiger partial charge is 0.386 e. The van der Waals surface area contributed by atoms with Gasteiger partial charge in [0.1, 0.15) is 6.10 Å². The fraction of sp³-hybridized carbons (Fsp3) is 0.300. The molecule has 2 N–H and O–H groups in total. The van der Waals surface area contributed by atoms with Crippen molar-refractivity contribution in [1.82, 2.24) is 14.3 Å². The van der Waals surface area contributed by atoms with Gasteiger partial charge in [0.2, 0.25) is 0 Å². The molecule has 0 saturated heterocycles. The Morgan fingerprint density at radius 2 is 2.39 bits per heavy atom. The van der Waals surface area contributed by atoms with Crippen molar-refractivity contribution in [1.29, 1.82) is 0 Å². The van der Waals surface area contributed by atoms with Gasteiger partial charge < -0.3 is 9.67 Å². The Kier molecular flexibility index (Phi) is 3.81. The van der Waals surface area contributed by atoms with Crippen LogP contribution < -0.4 is 4.72 Å². The molecule has 2 aromatic rings. The van der Waals surface area contributed by atoms with Gasteiger partial charge >= 0.3 is 0 Å². The zero-order valence-electron chi connectivity index (χ0n) is 9.65. The van der Waals surface area contributed by atoms with Crippen molar-refractivity contribution < 1.29 is 13.5 Å². The second-order valence-electron chi connectivity index (χ2n) is 3.76. The van der Waals surface area contributed by atoms with Gasteiger partial charge in [-0.05, 0) is 11.4 Å². The molecule has 0 amide bonds. The maximum absolute atomic E-state index is 11.8. The van der Waals surface area contributed by atoms with Crippen LogP contribution in [0.1, 0.15) is 11.0 Å². The van der Waals surface area contributed by atoms with E-state index in [1.807, 2.05) is 5.38 Å². The molecule has 0 fully saturated rings. The van der Waals surface area contributed by atoms with Crippen LogP contribution in [0.2, 0.25) is 0 Å². The van der Waals surface area contributed by atoms with Crippen molar-refractivity contribution in [2.24, 2.45) is 7.05 Å². The molecule has 18 heavy (non-hydrogen) atoms. The first kappa shape index (κ1) is 13.2. The summed E-state index contributed by atoms with van der Waals surface area (Å²) in [6, 6.07) is 3.56. The first-order valence-corrected chi connectivity index (χ1v) is 7.54. The standard InChI is InChI=1S/C10H13N3O3S2/c1-13-6-10(11-7-13)18(15,16)12-5-8(14)9-3-2-4-17-9/h2-4,6-8,12,14H,5H2,1H3. The Labute approximate surface area is 109 Å². The summed E-state index contributed by atoms with van der Waals surface area (Å²) in [5.74, 6) is 0. The second-order valence-corrected chi connectivity index (χ2v) is 6.45. The van der Waals surface area contributed by atoms with Crippen molar-refractivity contribution in [2.45, 2.75) is 11.1 Å². The van der Waals surface area contributed by atoms with Gasteiger partial charge in [-0.2, -0.15) is 0 Å². The highest BCUT2D eigenvalue weighted by atomic mass is 32.2. The van der Waals surface area contributed by atoms with E-state index >= 15 is 0 Å². The van der Waals surface area contributed by atoms with Gasteiger partial charge in [0.15, 0.2) is 5.03 Å². The predicted octanol–water partition coefficient (Wildman–Crippen LogP) is 0.493. The van der Waals surface area contributed by atoms with E-state index in [4.69, 9.17) is 0 Å². The quantitative estimate of drug-likeness (QED) is 0.838. The van der Waals surface area contributed by atoms with Crippen LogP contribution in [-0.4, -0.2) is 29.6 Å². The van der Waals surface area contributed by atoms with Crippen LogP contribution in [0.25, 0.3) is 0 Å². The van der Waals surface area contributed by atoms with Crippen LogP contribution in [0.5, 0.6) is 0 Å². The van der Waals surface area contributed by atoms with E-state index in [1.165, 1.54) is 23.9 Å². The Morgan fingerprint density at radius 1 is 1.61 bits per heavy atom. The SMILES string of the molecule is Cn1cnc(S(=O)(=O)NCC(O)c2cccs2)c1. The van der Waals surface area contributed by atoms with E-state index in [9.17, 15) is 13.5 Å². The molecule has 0 radical (unpaired) electrons. The maximum Gasteiger partial charge on any atom is 0.259 e. The highest BCUT2D eigenvalue weighted by Crippen LogP contribution is 2.18. The fourth-order valence-corrected chi connectivity index (χ4v) is 3.10. The lowest BCUT2D eigenvalue weighted by atomic mass is 10.3. The Hall–Kier alpha value is -1.22. The van der Waals surface area contributed by atoms with Crippen LogP contribution in [0.3, 0.4) is 0 Å². The van der Waals surface area contributed by atoms with Crippen LogP contribution in [0.15, 0.2) is 35.1 Å². The number of nitrogens with zero attached hydrogens (tertiary/aromatic N) is 2. The Bertz CT molecular complexity index is 604. The Morgan fingerprint density at radius 3 is 2.94 bits per heavy atom. The third-order valence-electron chi connectivity index (χ3n) is 2.29. The van der Waals surface area contributed by atoms with Gasteiger partial charge in [0.05, 0.1) is 6.33 Å². The molecule has 98 valence electrons. The average molecular weight is 287 g/mol. The van der Waals surface area contributed by atoms with Crippen molar-refractivity contribution in [3.05, 3.63) is 34.9 Å².